The van der Waals surface area contributed by atoms with Crippen molar-refractivity contribution in [1.29, 1.82) is 0 Å². The van der Waals surface area contributed by atoms with Crippen LogP contribution in [0.3, 0.4) is 0 Å². The highest BCUT2D eigenvalue weighted by Gasteiger charge is 2.09. The normalized spacial score (nSPS) is 10.6. The van der Waals surface area contributed by atoms with Crippen molar-refractivity contribution in [3.63, 3.8) is 0 Å². The van der Waals surface area contributed by atoms with Crippen LogP contribution in [0.15, 0.2) is 54.7 Å². The maximum atomic E-state index is 13.7. The minimum Gasteiger partial charge on any atom is -0.378 e. The predicted molar refractivity (Wildman–Crippen MR) is 77.7 cm³/mol. The summed E-state index contributed by atoms with van der Waals surface area (Å²) in [6, 6.07) is 13.2. The number of rotatable bonds is 4. The molecule has 0 atom stereocenters. The maximum absolute atomic E-state index is 13.7. The molecule has 0 saturated carbocycles. The summed E-state index contributed by atoms with van der Waals surface area (Å²) < 4.78 is 26.6. The molecule has 1 heterocycles. The SMILES string of the molecule is Fc1ccc(-c2cnc(CNc3ccccc3)[nH]2)c(F)c1. The lowest BCUT2D eigenvalue weighted by atomic mass is 10.1. The lowest BCUT2D eigenvalue weighted by Gasteiger charge is -2.03. The van der Waals surface area contributed by atoms with Gasteiger partial charge in [-0.2, -0.15) is 0 Å². The zero-order chi connectivity index (χ0) is 14.7. The zero-order valence-electron chi connectivity index (χ0n) is 11.1. The second-order valence-electron chi connectivity index (χ2n) is 4.59. The Hall–Kier alpha value is -2.69. The molecule has 2 N–H and O–H groups in total. The number of hydrogen-bond acceptors (Lipinski definition) is 2. The lowest BCUT2D eigenvalue weighted by Crippen LogP contribution is -2.00. The molecule has 0 aliphatic rings. The van der Waals surface area contributed by atoms with Gasteiger partial charge in [-0.3, -0.25) is 0 Å². The van der Waals surface area contributed by atoms with Crippen molar-refractivity contribution in [3.05, 3.63) is 72.2 Å². The first-order chi connectivity index (χ1) is 10.2. The Morgan fingerprint density at radius 1 is 1.05 bits per heavy atom. The highest BCUT2D eigenvalue weighted by atomic mass is 19.1. The Balaban J connectivity index is 1.74. The number of aromatic amines is 1. The molecule has 3 aromatic rings. The maximum Gasteiger partial charge on any atom is 0.135 e. The minimum atomic E-state index is -0.610. The van der Waals surface area contributed by atoms with Gasteiger partial charge in [0.05, 0.1) is 18.4 Å². The van der Waals surface area contributed by atoms with Gasteiger partial charge in [0.15, 0.2) is 0 Å². The van der Waals surface area contributed by atoms with Crippen LogP contribution in [-0.4, -0.2) is 9.97 Å². The fourth-order valence-corrected chi connectivity index (χ4v) is 2.04. The van der Waals surface area contributed by atoms with E-state index in [0.717, 1.165) is 11.8 Å². The molecule has 106 valence electrons. The lowest BCUT2D eigenvalue weighted by molar-refractivity contribution is 0.585. The van der Waals surface area contributed by atoms with Crippen molar-refractivity contribution in [2.45, 2.75) is 6.54 Å². The second kappa shape index (κ2) is 5.75. The number of aromatic nitrogens is 2. The van der Waals surface area contributed by atoms with Gasteiger partial charge >= 0.3 is 0 Å². The third kappa shape index (κ3) is 3.08. The molecule has 5 heteroatoms. The summed E-state index contributed by atoms with van der Waals surface area (Å²) in [6.07, 6.45) is 1.54. The van der Waals surface area contributed by atoms with Gasteiger partial charge in [0.1, 0.15) is 17.5 Å². The molecule has 21 heavy (non-hydrogen) atoms. The van der Waals surface area contributed by atoms with Crippen LogP contribution in [0.1, 0.15) is 5.82 Å². The number of hydrogen-bond donors (Lipinski definition) is 2. The Kier molecular flexibility index (Phi) is 3.64. The molecule has 0 fully saturated rings. The van der Waals surface area contributed by atoms with E-state index >= 15 is 0 Å². The molecule has 3 nitrogen and oxygen atoms in total. The molecular formula is C16H13F2N3. The van der Waals surface area contributed by atoms with Crippen LogP contribution in [0.25, 0.3) is 11.3 Å². The van der Waals surface area contributed by atoms with Gasteiger partial charge in [-0.05, 0) is 24.3 Å². The summed E-state index contributed by atoms with van der Waals surface area (Å²) in [4.78, 5) is 7.22. The number of benzene rings is 2. The van der Waals surface area contributed by atoms with Crippen LogP contribution in [-0.2, 0) is 6.54 Å². The topological polar surface area (TPSA) is 40.7 Å². The highest BCUT2D eigenvalue weighted by molar-refractivity contribution is 5.59. The van der Waals surface area contributed by atoms with Gasteiger partial charge in [0, 0.05) is 17.3 Å². The molecule has 0 aliphatic heterocycles. The summed E-state index contributed by atoms with van der Waals surface area (Å²) in [7, 11) is 0. The quantitative estimate of drug-likeness (QED) is 0.761. The summed E-state index contributed by atoms with van der Waals surface area (Å²) in [6.45, 7) is 0.493. The fraction of sp³-hybridized carbons (Fsp3) is 0.0625. The predicted octanol–water partition coefficient (Wildman–Crippen LogP) is 3.97. The van der Waals surface area contributed by atoms with Gasteiger partial charge < -0.3 is 10.3 Å². The molecular weight excluding hydrogens is 272 g/mol. The summed E-state index contributed by atoms with van der Waals surface area (Å²) in [5.41, 5.74) is 1.80. The van der Waals surface area contributed by atoms with Crippen molar-refractivity contribution < 1.29 is 8.78 Å². The van der Waals surface area contributed by atoms with Gasteiger partial charge in [-0.1, -0.05) is 18.2 Å². The molecule has 2 aromatic carbocycles. The molecule has 0 aliphatic carbocycles. The first-order valence-electron chi connectivity index (χ1n) is 6.50. The second-order valence-corrected chi connectivity index (χ2v) is 4.59. The standard InChI is InChI=1S/C16H13F2N3/c17-11-6-7-13(14(18)8-11)15-9-20-16(21-15)10-19-12-4-2-1-3-5-12/h1-9,19H,10H2,(H,20,21). The Morgan fingerprint density at radius 3 is 2.62 bits per heavy atom. The number of anilines is 1. The molecule has 0 bridgehead atoms. The van der Waals surface area contributed by atoms with E-state index in [1.54, 1.807) is 6.20 Å². The van der Waals surface area contributed by atoms with E-state index in [2.05, 4.69) is 15.3 Å². The van der Waals surface area contributed by atoms with Crippen LogP contribution >= 0.6 is 0 Å². The van der Waals surface area contributed by atoms with Gasteiger partial charge in [0.25, 0.3) is 0 Å². The fourth-order valence-electron chi connectivity index (χ4n) is 2.04. The first-order valence-corrected chi connectivity index (χ1v) is 6.50. The smallest absolute Gasteiger partial charge is 0.135 e. The Labute approximate surface area is 120 Å². The van der Waals surface area contributed by atoms with Gasteiger partial charge in [0.2, 0.25) is 0 Å². The van der Waals surface area contributed by atoms with Crippen molar-refractivity contribution in [2.24, 2.45) is 0 Å². The van der Waals surface area contributed by atoms with Gasteiger partial charge in [-0.15, -0.1) is 0 Å². The molecule has 0 amide bonds. The van der Waals surface area contributed by atoms with Crippen molar-refractivity contribution in [3.8, 4) is 11.3 Å². The van der Waals surface area contributed by atoms with Crippen LogP contribution in [0, 0.1) is 11.6 Å². The van der Waals surface area contributed by atoms with E-state index in [-0.39, 0.29) is 0 Å². The van der Waals surface area contributed by atoms with E-state index < -0.39 is 11.6 Å². The third-order valence-electron chi connectivity index (χ3n) is 3.08. The highest BCUT2D eigenvalue weighted by Crippen LogP contribution is 2.21. The molecule has 3 rings (SSSR count). The van der Waals surface area contributed by atoms with Crippen molar-refractivity contribution in [1.82, 2.24) is 9.97 Å². The average Bonchev–Trinajstić information content (AvgIpc) is 2.95. The number of nitrogens with one attached hydrogen (secondary N) is 2. The van der Waals surface area contributed by atoms with Crippen LogP contribution < -0.4 is 5.32 Å². The van der Waals surface area contributed by atoms with Crippen LogP contribution in [0.5, 0.6) is 0 Å². The molecule has 1 aromatic heterocycles. The third-order valence-corrected chi connectivity index (χ3v) is 3.08. The van der Waals surface area contributed by atoms with E-state index in [4.69, 9.17) is 0 Å². The average molecular weight is 285 g/mol. The molecule has 0 radical (unpaired) electrons. The number of imidazole rings is 1. The summed E-state index contributed by atoms with van der Waals surface area (Å²) in [5.74, 6) is -0.527. The monoisotopic (exact) mass is 285 g/mol. The minimum absolute atomic E-state index is 0.301. The number of H-pyrrole nitrogens is 1. The van der Waals surface area contributed by atoms with E-state index in [1.165, 1.54) is 12.1 Å². The van der Waals surface area contributed by atoms with E-state index in [1.807, 2.05) is 30.3 Å². The van der Waals surface area contributed by atoms with Crippen LogP contribution in [0.4, 0.5) is 14.5 Å². The summed E-state index contributed by atoms with van der Waals surface area (Å²) >= 11 is 0. The van der Waals surface area contributed by atoms with E-state index in [9.17, 15) is 8.78 Å². The Morgan fingerprint density at radius 2 is 1.86 bits per heavy atom. The number of nitrogens with zero attached hydrogens (tertiary/aromatic N) is 1. The van der Waals surface area contributed by atoms with Crippen molar-refractivity contribution >= 4 is 5.69 Å². The first kappa shape index (κ1) is 13.3. The Bertz CT molecular complexity index is 738. The van der Waals surface area contributed by atoms with Crippen LogP contribution in [0.2, 0.25) is 0 Å². The summed E-state index contributed by atoms with van der Waals surface area (Å²) in [5, 5.41) is 3.20. The van der Waals surface area contributed by atoms with Crippen molar-refractivity contribution in [2.75, 3.05) is 5.32 Å². The molecule has 0 spiro atoms. The van der Waals surface area contributed by atoms with E-state index in [0.29, 0.717) is 23.6 Å². The largest absolute Gasteiger partial charge is 0.378 e. The molecule has 0 saturated heterocycles. The zero-order valence-corrected chi connectivity index (χ0v) is 11.1. The number of halogens is 2. The number of para-hydroxylation sites is 1. The van der Waals surface area contributed by atoms with Gasteiger partial charge in [-0.25, -0.2) is 13.8 Å². The molecule has 0 unspecified atom stereocenters.